The molecule has 4 heterocycles. The van der Waals surface area contributed by atoms with Crippen LogP contribution in [0.2, 0.25) is 0 Å². The number of Topliss-reactive ketones (excluding diaryl/α,β-unsaturated/α-hetero) is 2. The molecule has 4 fully saturated rings. The zero-order chi connectivity index (χ0) is 57.4. The molecular formula is C55H81N7O15. The van der Waals surface area contributed by atoms with E-state index in [1.807, 2.05) is 13.8 Å². The second-order valence-electron chi connectivity index (χ2n) is 22.1. The Morgan fingerprint density at radius 2 is 1.53 bits per heavy atom. The van der Waals surface area contributed by atoms with Crippen LogP contribution in [0.25, 0.3) is 0 Å². The number of nitrogens with one attached hydrogen (secondary N) is 3. The van der Waals surface area contributed by atoms with Gasteiger partial charge in [-0.25, -0.2) is 4.79 Å². The van der Waals surface area contributed by atoms with Crippen molar-refractivity contribution in [1.82, 2.24) is 35.6 Å². The van der Waals surface area contributed by atoms with Gasteiger partial charge in [0, 0.05) is 40.0 Å². The van der Waals surface area contributed by atoms with E-state index in [1.54, 1.807) is 52.0 Å². The van der Waals surface area contributed by atoms with E-state index in [-0.39, 0.29) is 57.7 Å². The summed E-state index contributed by atoms with van der Waals surface area (Å²) in [6.45, 7) is 16.0. The van der Waals surface area contributed by atoms with Gasteiger partial charge in [-0.05, 0) is 94.7 Å². The molecule has 4 N–H and O–H groups in total. The van der Waals surface area contributed by atoms with Crippen molar-refractivity contribution in [3.8, 4) is 5.75 Å². The molecule has 7 amide bonds. The highest BCUT2D eigenvalue weighted by Gasteiger charge is 2.57. The summed E-state index contributed by atoms with van der Waals surface area (Å²) in [5.74, 6) is -11.0. The lowest BCUT2D eigenvalue weighted by Crippen LogP contribution is -2.62. The molecule has 0 radical (unpaired) electrons. The fourth-order valence-corrected chi connectivity index (χ4v) is 10.9. The fourth-order valence-electron chi connectivity index (χ4n) is 10.9. The number of aliphatic hydroxyl groups is 1. The number of hydrogen-bond donors (Lipinski definition) is 4. The Balaban J connectivity index is 1.59. The van der Waals surface area contributed by atoms with Gasteiger partial charge in [0.05, 0.1) is 31.6 Å². The monoisotopic (exact) mass is 1080 g/mol. The number of ketones is 2. The highest BCUT2D eigenvalue weighted by atomic mass is 16.6. The van der Waals surface area contributed by atoms with E-state index in [0.717, 1.165) is 6.92 Å². The summed E-state index contributed by atoms with van der Waals surface area (Å²) in [4.78, 5) is 160. The van der Waals surface area contributed by atoms with Crippen molar-refractivity contribution < 1.29 is 72.1 Å². The maximum absolute atomic E-state index is 14.9. The number of nitrogens with zero attached hydrogens (tertiary/aromatic N) is 4. The van der Waals surface area contributed by atoms with Gasteiger partial charge in [0.25, 0.3) is 5.91 Å². The first kappa shape index (κ1) is 61.4. The van der Waals surface area contributed by atoms with Crippen LogP contribution >= 0.6 is 0 Å². The lowest BCUT2D eigenvalue weighted by Gasteiger charge is -2.36. The molecule has 0 saturated carbocycles. The van der Waals surface area contributed by atoms with Gasteiger partial charge < -0.3 is 54.9 Å². The average molecular weight is 1080 g/mol. The van der Waals surface area contributed by atoms with Crippen molar-refractivity contribution in [2.24, 2.45) is 23.7 Å². The molecule has 22 heteroatoms. The highest BCUT2D eigenvalue weighted by Crippen LogP contribution is 2.40. The number of ether oxygens (including phenoxy) is 3. The number of rotatable bonds is 12. The smallest absolute Gasteiger partial charge is 0.329 e. The molecule has 1 aromatic rings. The highest BCUT2D eigenvalue weighted by molar-refractivity contribution is 6.35. The Kier molecular flexibility index (Phi) is 20.9. The SMILES string of the molecule is CC[C@H](C)[C@@H]1NC(=O)[C@H](NC(=O)C(C)N2CCC3(CCCN3C(=O)C(C)=O)C2=O)[C@H](C)OC(=O)[C@@H](Cc2ccc(OC)cc2)N(C)C(=O)[C@H]2CCCN2C(=O)[C@@H](CC(C)C)NC(=O)[C@H](C)C(=O)[C@@H](C(C)C)OC(=O)C[C@H]1O. The van der Waals surface area contributed by atoms with Crippen LogP contribution in [-0.2, 0) is 68.6 Å². The molecule has 4 saturated heterocycles. The van der Waals surface area contributed by atoms with Gasteiger partial charge >= 0.3 is 11.9 Å². The quantitative estimate of drug-likeness (QED) is 0.132. The van der Waals surface area contributed by atoms with Crippen LogP contribution in [0.4, 0.5) is 0 Å². The summed E-state index contributed by atoms with van der Waals surface area (Å²) in [6, 6.07) is -1.22. The number of likely N-dealkylation sites (N-methyl/N-ethyl adjacent to an activating group) is 1. The summed E-state index contributed by atoms with van der Waals surface area (Å²) >= 11 is 0. The first-order valence-corrected chi connectivity index (χ1v) is 27.1. The summed E-state index contributed by atoms with van der Waals surface area (Å²) in [7, 11) is 2.88. The van der Waals surface area contributed by atoms with Gasteiger partial charge in [0.1, 0.15) is 47.6 Å². The molecule has 2 unspecified atom stereocenters. The van der Waals surface area contributed by atoms with Crippen LogP contribution in [0.3, 0.4) is 0 Å². The number of esters is 2. The van der Waals surface area contributed by atoms with Crippen LogP contribution in [0, 0.1) is 23.7 Å². The summed E-state index contributed by atoms with van der Waals surface area (Å²) in [5.41, 5.74) is -0.775. The maximum Gasteiger partial charge on any atom is 0.329 e. The Morgan fingerprint density at radius 3 is 2.13 bits per heavy atom. The van der Waals surface area contributed by atoms with E-state index in [2.05, 4.69) is 16.0 Å². The minimum Gasteiger partial charge on any atom is -0.497 e. The van der Waals surface area contributed by atoms with Crippen LogP contribution in [0.5, 0.6) is 5.75 Å². The van der Waals surface area contributed by atoms with Gasteiger partial charge in [-0.1, -0.05) is 60.1 Å². The number of amides is 7. The molecule has 4 aliphatic rings. The van der Waals surface area contributed by atoms with E-state index in [9.17, 15) is 57.8 Å². The lowest BCUT2D eigenvalue weighted by molar-refractivity contribution is -0.163. The molecule has 12 atom stereocenters. The van der Waals surface area contributed by atoms with Gasteiger partial charge in [0.15, 0.2) is 11.9 Å². The van der Waals surface area contributed by atoms with E-state index in [1.165, 1.54) is 54.5 Å². The third-order valence-electron chi connectivity index (χ3n) is 15.8. The standard InChI is InChI=1S/C55H81N7O15/c1-13-31(6)43-41(64)28-42(65)77-46(30(4)5)45(66)32(7)47(67)56-38(26-29(2)3)51(71)61-23-14-16-39(61)52(72)59(11)40(27-36-17-19-37(75-12)20-18-36)53(73)76-35(10)44(49(69)57-43)58-48(68)33(8)60-25-22-55(54(60)74)21-15-24-62(55)50(70)34(9)63/h17-20,29-33,35,38-41,43-44,46,64H,13-16,21-28H2,1-12H3,(H,56,67)(H,57,69)(H,58,68)/t31-,32+,33?,35-,38+,39+,40+,41+,43-,44+,46+,55?/m0/s1. The maximum atomic E-state index is 14.9. The zero-order valence-electron chi connectivity index (χ0n) is 46.8. The van der Waals surface area contributed by atoms with Gasteiger partial charge in [0.2, 0.25) is 41.2 Å². The van der Waals surface area contributed by atoms with Crippen molar-refractivity contribution in [3.63, 3.8) is 0 Å². The molecule has 0 bridgehead atoms. The first-order chi connectivity index (χ1) is 36.2. The Labute approximate surface area is 451 Å². The molecule has 1 aromatic carbocycles. The fraction of sp³-hybridized carbons (Fsp3) is 0.691. The second kappa shape index (κ2) is 26.3. The van der Waals surface area contributed by atoms with Crippen LogP contribution in [-0.4, -0.2) is 183 Å². The van der Waals surface area contributed by atoms with Crippen molar-refractivity contribution in [1.29, 1.82) is 0 Å². The number of likely N-dealkylation sites (tertiary alicyclic amines) is 2. The number of methoxy groups -OCH3 is 1. The van der Waals surface area contributed by atoms with Crippen molar-refractivity contribution in [2.45, 2.75) is 187 Å². The Morgan fingerprint density at radius 1 is 0.870 bits per heavy atom. The lowest BCUT2D eigenvalue weighted by atomic mass is 9.91. The number of benzene rings is 1. The van der Waals surface area contributed by atoms with Gasteiger partial charge in [-0.15, -0.1) is 0 Å². The first-order valence-electron chi connectivity index (χ1n) is 27.1. The van der Waals surface area contributed by atoms with Crippen molar-refractivity contribution in [3.05, 3.63) is 29.8 Å². The number of carbonyl (C=O) groups is 11. The van der Waals surface area contributed by atoms with Crippen LogP contribution in [0.1, 0.15) is 126 Å². The van der Waals surface area contributed by atoms with E-state index >= 15 is 0 Å². The van der Waals surface area contributed by atoms with Gasteiger partial charge in [-0.2, -0.15) is 0 Å². The summed E-state index contributed by atoms with van der Waals surface area (Å²) in [6.07, 6.45) is -3.56. The predicted molar refractivity (Wildman–Crippen MR) is 278 cm³/mol. The topological polar surface area (TPSA) is 285 Å². The third-order valence-corrected chi connectivity index (χ3v) is 15.8. The molecule has 426 valence electrons. The molecule has 0 aliphatic carbocycles. The molecule has 1 spiro atoms. The van der Waals surface area contributed by atoms with E-state index in [4.69, 9.17) is 14.2 Å². The molecule has 0 aromatic heterocycles. The van der Waals surface area contributed by atoms with E-state index in [0.29, 0.717) is 30.6 Å². The Bertz CT molecular complexity index is 2400. The van der Waals surface area contributed by atoms with Crippen molar-refractivity contribution in [2.75, 3.05) is 33.8 Å². The predicted octanol–water partition coefficient (Wildman–Crippen LogP) is 1.64. The molecule has 5 rings (SSSR count). The van der Waals surface area contributed by atoms with E-state index < -0.39 is 149 Å². The number of hydrogen-bond acceptors (Lipinski definition) is 15. The minimum atomic E-state index is -1.76. The average Bonchev–Trinajstić information content (AvgIpc) is 4.14. The van der Waals surface area contributed by atoms with Gasteiger partial charge in [-0.3, -0.25) is 47.9 Å². The number of fused-ring (bicyclic) bond motifs is 1. The zero-order valence-corrected chi connectivity index (χ0v) is 46.8. The molecule has 77 heavy (non-hydrogen) atoms. The number of cyclic esters (lactones) is 2. The number of aliphatic hydroxyl groups excluding tert-OH is 1. The normalized spacial score (nSPS) is 29.5. The largest absolute Gasteiger partial charge is 0.497 e. The molecule has 22 nitrogen and oxygen atoms in total. The van der Waals surface area contributed by atoms with Crippen LogP contribution in [0.15, 0.2) is 24.3 Å². The minimum absolute atomic E-state index is 0.0275. The second-order valence-corrected chi connectivity index (χ2v) is 22.1. The summed E-state index contributed by atoms with van der Waals surface area (Å²) < 4.78 is 17.1. The Hall–Kier alpha value is -6.45. The summed E-state index contributed by atoms with van der Waals surface area (Å²) in [5, 5.41) is 19.9. The van der Waals surface area contributed by atoms with Crippen molar-refractivity contribution >= 4 is 64.9 Å². The van der Waals surface area contributed by atoms with Crippen LogP contribution < -0.4 is 20.7 Å². The molecular weight excluding hydrogens is 999 g/mol. The third kappa shape index (κ3) is 14.0. The molecule has 4 aliphatic heterocycles. The number of carbonyl (C=O) groups excluding carboxylic acids is 11.